The van der Waals surface area contributed by atoms with E-state index in [0.29, 0.717) is 22.9 Å². The first-order chi connectivity index (χ1) is 17.2. The highest BCUT2D eigenvalue weighted by molar-refractivity contribution is 5.74. The predicted octanol–water partition coefficient (Wildman–Crippen LogP) is 6.65. The van der Waals surface area contributed by atoms with Gasteiger partial charge in [-0.1, -0.05) is 24.8 Å². The highest BCUT2D eigenvalue weighted by atomic mass is 19.2. The van der Waals surface area contributed by atoms with Crippen LogP contribution < -0.4 is 4.90 Å². The van der Waals surface area contributed by atoms with Crippen molar-refractivity contribution in [2.45, 2.75) is 33.1 Å². The van der Waals surface area contributed by atoms with Crippen LogP contribution in [0.2, 0.25) is 0 Å². The van der Waals surface area contributed by atoms with Gasteiger partial charge in [0.05, 0.1) is 11.4 Å². The van der Waals surface area contributed by atoms with E-state index in [-0.39, 0.29) is 5.56 Å². The summed E-state index contributed by atoms with van der Waals surface area (Å²) in [5.74, 6) is -3.37. The van der Waals surface area contributed by atoms with Crippen LogP contribution in [0.15, 0.2) is 49.0 Å². The highest BCUT2D eigenvalue weighted by Crippen LogP contribution is 2.34. The molecular weight excluding hydrogens is 463 g/mol. The Balaban J connectivity index is 1.70. The van der Waals surface area contributed by atoms with Crippen molar-refractivity contribution in [2.24, 2.45) is 0 Å². The largest absolute Gasteiger partial charge is 0.370 e. The molecule has 0 N–H and O–H groups in total. The summed E-state index contributed by atoms with van der Waals surface area (Å²) >= 11 is 0. The first kappa shape index (κ1) is 23.9. The van der Waals surface area contributed by atoms with Crippen molar-refractivity contribution in [3.05, 3.63) is 83.3 Å². The van der Waals surface area contributed by atoms with E-state index in [1.807, 2.05) is 50.1 Å². The van der Waals surface area contributed by atoms with Gasteiger partial charge in [0.25, 0.3) is 0 Å². The molecule has 36 heavy (non-hydrogen) atoms. The Bertz CT molecular complexity index is 1430. The lowest BCUT2D eigenvalue weighted by molar-refractivity contribution is 0.325. The Morgan fingerprint density at radius 1 is 0.944 bits per heavy atom. The molecule has 0 amide bonds. The summed E-state index contributed by atoms with van der Waals surface area (Å²) in [6, 6.07) is 11.5. The van der Waals surface area contributed by atoms with Crippen LogP contribution in [0.25, 0.3) is 22.6 Å². The number of aryl methyl sites for hydroxylation is 2. The molecule has 2 aromatic heterocycles. The Hall–Kier alpha value is -3.81. The number of aromatic nitrogens is 3. The van der Waals surface area contributed by atoms with E-state index in [9.17, 15) is 13.2 Å². The van der Waals surface area contributed by atoms with E-state index in [4.69, 9.17) is 5.10 Å². The number of halogens is 3. The van der Waals surface area contributed by atoms with Crippen LogP contribution in [-0.4, -0.2) is 39.6 Å². The maximum Gasteiger partial charge on any atom is 0.194 e. The van der Waals surface area contributed by atoms with Crippen molar-refractivity contribution >= 4 is 22.8 Å². The number of rotatable bonds is 5. The average molecular weight is 492 g/mol. The summed E-state index contributed by atoms with van der Waals surface area (Å²) in [6.07, 6.45) is 3.42. The van der Waals surface area contributed by atoms with Gasteiger partial charge in [0.15, 0.2) is 23.1 Å². The van der Waals surface area contributed by atoms with E-state index in [2.05, 4.69) is 16.5 Å². The first-order valence-corrected chi connectivity index (χ1v) is 12.0. The Morgan fingerprint density at radius 3 is 2.22 bits per heavy atom. The first-order valence-electron chi connectivity index (χ1n) is 12.0. The molecule has 8 heteroatoms. The van der Waals surface area contributed by atoms with Crippen LogP contribution in [0, 0.1) is 31.3 Å². The molecule has 0 atom stereocenters. The molecule has 186 valence electrons. The van der Waals surface area contributed by atoms with Crippen molar-refractivity contribution < 1.29 is 13.2 Å². The lowest BCUT2D eigenvalue weighted by Crippen LogP contribution is -2.28. The van der Waals surface area contributed by atoms with Gasteiger partial charge in [0.2, 0.25) is 0 Å². The number of likely N-dealkylation sites (tertiary alicyclic amines) is 1. The lowest BCUT2D eigenvalue weighted by Gasteiger charge is -2.29. The van der Waals surface area contributed by atoms with Gasteiger partial charge in [-0.15, -0.1) is 0 Å². The average Bonchev–Trinajstić information content (AvgIpc) is 3.30. The molecule has 0 spiro atoms. The third-order valence-corrected chi connectivity index (χ3v) is 6.84. The highest BCUT2D eigenvalue weighted by Gasteiger charge is 2.21. The summed E-state index contributed by atoms with van der Waals surface area (Å²) in [7, 11) is 1.92. The third kappa shape index (κ3) is 4.21. The van der Waals surface area contributed by atoms with E-state index < -0.39 is 17.5 Å². The number of hydrogen-bond acceptors (Lipinski definition) is 4. The lowest BCUT2D eigenvalue weighted by atomic mass is 10.1. The topological polar surface area (TPSA) is 36.7 Å². The zero-order valence-electron chi connectivity index (χ0n) is 20.7. The second-order valence-electron chi connectivity index (χ2n) is 9.35. The summed E-state index contributed by atoms with van der Waals surface area (Å²) in [5.41, 5.74) is 5.57. The fourth-order valence-electron chi connectivity index (χ4n) is 4.96. The van der Waals surface area contributed by atoms with Gasteiger partial charge in [-0.25, -0.2) is 18.2 Å². The second kappa shape index (κ2) is 9.33. The van der Waals surface area contributed by atoms with E-state index >= 15 is 0 Å². The molecule has 0 saturated carbocycles. The summed E-state index contributed by atoms with van der Waals surface area (Å²) in [5, 5.41) is 4.84. The Kier molecular flexibility index (Phi) is 6.20. The number of para-hydroxylation sites is 1. The normalized spacial score (nSPS) is 13.9. The maximum atomic E-state index is 14.1. The molecule has 1 saturated heterocycles. The van der Waals surface area contributed by atoms with Gasteiger partial charge in [-0.3, -0.25) is 0 Å². The summed E-state index contributed by atoms with van der Waals surface area (Å²) in [6.45, 7) is 10.2. The van der Waals surface area contributed by atoms with Gasteiger partial charge in [-0.05, 0) is 56.4 Å². The molecular formula is C28H28F3N5. The number of anilines is 2. The van der Waals surface area contributed by atoms with Gasteiger partial charge in [0, 0.05) is 43.5 Å². The zero-order chi connectivity index (χ0) is 25.6. The molecule has 2 aromatic carbocycles. The van der Waals surface area contributed by atoms with Crippen LogP contribution >= 0.6 is 0 Å². The molecule has 0 radical (unpaired) electrons. The summed E-state index contributed by atoms with van der Waals surface area (Å²) < 4.78 is 43.6. The predicted molar refractivity (Wildman–Crippen MR) is 137 cm³/mol. The standard InChI is InChI=1S/C28H28F3N5/c1-17-9-8-10-18(2)28(17)34(4)26-16-24(20-13-21(29)27(31)22(30)14-20)32-25-15-23(33-36(25)26)19(3)35-11-6-5-7-12-35/h8-10,13-16H,3,5-7,11-12H2,1-2,4H3. The van der Waals surface area contributed by atoms with Crippen LogP contribution in [0.3, 0.4) is 0 Å². The molecule has 1 aliphatic rings. The zero-order valence-corrected chi connectivity index (χ0v) is 20.7. The fourth-order valence-corrected chi connectivity index (χ4v) is 4.96. The van der Waals surface area contributed by atoms with Gasteiger partial charge in [-0.2, -0.15) is 9.61 Å². The number of fused-ring (bicyclic) bond motifs is 1. The van der Waals surface area contributed by atoms with Crippen molar-refractivity contribution in [3.8, 4) is 11.3 Å². The number of benzene rings is 2. The Labute approximate surface area is 208 Å². The smallest absolute Gasteiger partial charge is 0.194 e. The molecule has 0 aliphatic carbocycles. The van der Waals surface area contributed by atoms with Gasteiger partial charge in [0.1, 0.15) is 11.5 Å². The van der Waals surface area contributed by atoms with Crippen molar-refractivity contribution in [3.63, 3.8) is 0 Å². The van der Waals surface area contributed by atoms with Gasteiger partial charge >= 0.3 is 0 Å². The molecule has 1 fully saturated rings. The van der Waals surface area contributed by atoms with Gasteiger partial charge < -0.3 is 9.80 Å². The van der Waals surface area contributed by atoms with Crippen LogP contribution in [0.5, 0.6) is 0 Å². The molecule has 1 aliphatic heterocycles. The summed E-state index contributed by atoms with van der Waals surface area (Å²) in [4.78, 5) is 8.86. The van der Waals surface area contributed by atoms with E-state index in [1.54, 1.807) is 10.6 Å². The SMILES string of the molecule is C=C(c1cc2nc(-c3cc(F)c(F)c(F)c3)cc(N(C)c3c(C)cccc3C)n2n1)N1CCCCC1. The van der Waals surface area contributed by atoms with Crippen LogP contribution in [-0.2, 0) is 0 Å². The van der Waals surface area contributed by atoms with Crippen molar-refractivity contribution in [1.29, 1.82) is 0 Å². The second-order valence-corrected chi connectivity index (χ2v) is 9.35. The number of piperidine rings is 1. The minimum absolute atomic E-state index is 0.141. The molecule has 5 rings (SSSR count). The Morgan fingerprint density at radius 2 is 1.58 bits per heavy atom. The molecule has 0 unspecified atom stereocenters. The maximum absolute atomic E-state index is 14.1. The number of nitrogens with zero attached hydrogens (tertiary/aromatic N) is 5. The fraction of sp³-hybridized carbons (Fsp3) is 0.286. The third-order valence-electron chi connectivity index (χ3n) is 6.84. The monoisotopic (exact) mass is 491 g/mol. The molecule has 5 nitrogen and oxygen atoms in total. The van der Waals surface area contributed by atoms with Crippen molar-refractivity contribution in [2.75, 3.05) is 25.0 Å². The minimum Gasteiger partial charge on any atom is -0.370 e. The van der Waals surface area contributed by atoms with Crippen molar-refractivity contribution in [1.82, 2.24) is 19.5 Å². The van der Waals surface area contributed by atoms with E-state index in [1.165, 1.54) is 6.42 Å². The minimum atomic E-state index is -1.50. The quantitative estimate of drug-likeness (QED) is 0.293. The van der Waals surface area contributed by atoms with Crippen LogP contribution in [0.1, 0.15) is 36.1 Å². The van der Waals surface area contributed by atoms with E-state index in [0.717, 1.165) is 60.6 Å². The number of hydrogen-bond donors (Lipinski definition) is 0. The molecule has 4 aromatic rings. The molecule has 3 heterocycles. The molecule has 0 bridgehead atoms. The van der Waals surface area contributed by atoms with Crippen LogP contribution in [0.4, 0.5) is 24.7 Å².